The van der Waals surface area contributed by atoms with E-state index in [-0.39, 0.29) is 5.91 Å². The van der Waals surface area contributed by atoms with Crippen LogP contribution in [0.4, 0.5) is 16.2 Å². The van der Waals surface area contributed by atoms with Crippen molar-refractivity contribution in [3.05, 3.63) is 53.9 Å². The molecule has 0 spiro atoms. The number of rotatable bonds is 4. The first-order valence-corrected chi connectivity index (χ1v) is 6.57. The Hall–Kier alpha value is -3.09. The van der Waals surface area contributed by atoms with Crippen molar-refractivity contribution in [2.45, 2.75) is 13.0 Å². The molecule has 1 atom stereocenters. The van der Waals surface area contributed by atoms with E-state index in [4.69, 9.17) is 10.8 Å². The highest BCUT2D eigenvalue weighted by Gasteiger charge is 2.14. The predicted octanol–water partition coefficient (Wildman–Crippen LogP) is 2.24. The van der Waals surface area contributed by atoms with Crippen molar-refractivity contribution in [2.24, 2.45) is 0 Å². The number of aromatic nitrogens is 1. The molecule has 7 nitrogen and oxygen atoms in total. The molecule has 0 bridgehead atoms. The first kappa shape index (κ1) is 15.3. The lowest BCUT2D eigenvalue weighted by Gasteiger charge is -2.15. The number of carbonyl (C=O) groups is 2. The summed E-state index contributed by atoms with van der Waals surface area (Å²) >= 11 is 0. The Balaban J connectivity index is 2.15. The Morgan fingerprint density at radius 3 is 2.50 bits per heavy atom. The Labute approximate surface area is 127 Å². The van der Waals surface area contributed by atoms with Crippen molar-refractivity contribution >= 4 is 23.4 Å². The molecule has 5 N–H and O–H groups in total. The van der Waals surface area contributed by atoms with E-state index in [0.29, 0.717) is 22.5 Å². The number of hydrogen-bond donors (Lipinski definition) is 4. The van der Waals surface area contributed by atoms with Crippen molar-refractivity contribution in [2.75, 3.05) is 11.1 Å². The largest absolute Gasteiger partial charge is 0.465 e. The minimum Gasteiger partial charge on any atom is -0.465 e. The summed E-state index contributed by atoms with van der Waals surface area (Å²) in [6, 6.07) is 7.64. The zero-order valence-corrected chi connectivity index (χ0v) is 11.9. The third-order valence-electron chi connectivity index (χ3n) is 3.09. The molecule has 0 saturated heterocycles. The van der Waals surface area contributed by atoms with E-state index in [9.17, 15) is 9.59 Å². The van der Waals surface area contributed by atoms with E-state index >= 15 is 0 Å². The van der Waals surface area contributed by atoms with Crippen LogP contribution in [0.3, 0.4) is 0 Å². The van der Waals surface area contributed by atoms with Gasteiger partial charge in [-0.15, -0.1) is 0 Å². The van der Waals surface area contributed by atoms with Gasteiger partial charge in [0.05, 0.1) is 6.04 Å². The smallest absolute Gasteiger partial charge is 0.405 e. The molecule has 0 aliphatic rings. The summed E-state index contributed by atoms with van der Waals surface area (Å²) in [4.78, 5) is 26.6. The number of nitrogens with zero attached hydrogens (tertiary/aromatic N) is 1. The zero-order valence-electron chi connectivity index (χ0n) is 11.9. The third kappa shape index (κ3) is 3.72. The number of benzene rings is 1. The standard InChI is InChI=1S/C15H16N4O3/c1-9(18-15(21)22)12-3-2-10(8-13(12)16)14(20)19-11-4-6-17-7-5-11/h2-9,18H,16H2,1H3,(H,21,22)(H,17,19,20). The fraction of sp³-hybridized carbons (Fsp3) is 0.133. The molecule has 2 amide bonds. The third-order valence-corrected chi connectivity index (χ3v) is 3.09. The molecule has 22 heavy (non-hydrogen) atoms. The summed E-state index contributed by atoms with van der Waals surface area (Å²) in [5, 5.41) is 13.8. The van der Waals surface area contributed by atoms with Gasteiger partial charge in [0.25, 0.3) is 5.91 Å². The maximum atomic E-state index is 12.1. The minimum atomic E-state index is -1.13. The number of nitrogens with one attached hydrogen (secondary N) is 2. The lowest BCUT2D eigenvalue weighted by Crippen LogP contribution is -2.25. The molecule has 1 aromatic heterocycles. The fourth-order valence-corrected chi connectivity index (χ4v) is 2.01. The van der Waals surface area contributed by atoms with Gasteiger partial charge in [-0.05, 0) is 36.8 Å². The second-order valence-corrected chi connectivity index (χ2v) is 4.70. The number of pyridine rings is 1. The summed E-state index contributed by atoms with van der Waals surface area (Å²) in [6.07, 6.45) is 2.02. The molecule has 2 aromatic rings. The van der Waals surface area contributed by atoms with Gasteiger partial charge >= 0.3 is 6.09 Å². The molecular weight excluding hydrogens is 284 g/mol. The summed E-state index contributed by atoms with van der Waals surface area (Å²) in [5.74, 6) is -0.303. The number of amides is 2. The second kappa shape index (κ2) is 6.57. The van der Waals surface area contributed by atoms with Gasteiger partial charge < -0.3 is 21.5 Å². The highest BCUT2D eigenvalue weighted by atomic mass is 16.4. The van der Waals surface area contributed by atoms with Gasteiger partial charge in [-0.3, -0.25) is 9.78 Å². The molecule has 1 heterocycles. The molecule has 1 unspecified atom stereocenters. The van der Waals surface area contributed by atoms with Crippen molar-refractivity contribution in [1.29, 1.82) is 0 Å². The molecule has 0 fully saturated rings. The maximum Gasteiger partial charge on any atom is 0.405 e. The van der Waals surface area contributed by atoms with Gasteiger partial charge in [-0.25, -0.2) is 4.79 Å². The Kier molecular flexibility index (Phi) is 4.57. The highest BCUT2D eigenvalue weighted by molar-refractivity contribution is 6.04. The van der Waals surface area contributed by atoms with Gasteiger partial charge in [0.1, 0.15) is 0 Å². The van der Waals surface area contributed by atoms with Crippen molar-refractivity contribution in [1.82, 2.24) is 10.3 Å². The summed E-state index contributed by atoms with van der Waals surface area (Å²) in [6.45, 7) is 1.68. The maximum absolute atomic E-state index is 12.1. The van der Waals surface area contributed by atoms with E-state index in [0.717, 1.165) is 0 Å². The molecule has 0 aliphatic heterocycles. The monoisotopic (exact) mass is 300 g/mol. The van der Waals surface area contributed by atoms with Gasteiger partial charge in [-0.2, -0.15) is 0 Å². The van der Waals surface area contributed by atoms with Crippen LogP contribution in [0.25, 0.3) is 0 Å². The number of nitrogens with two attached hydrogens (primary N) is 1. The van der Waals surface area contributed by atoms with E-state index in [2.05, 4.69) is 15.6 Å². The quantitative estimate of drug-likeness (QED) is 0.646. The number of carboxylic acid groups (broad SMARTS) is 1. The average Bonchev–Trinajstić information content (AvgIpc) is 2.47. The normalized spacial score (nSPS) is 11.5. The van der Waals surface area contributed by atoms with Gasteiger partial charge in [-0.1, -0.05) is 6.07 Å². The topological polar surface area (TPSA) is 117 Å². The zero-order chi connectivity index (χ0) is 16.1. The van der Waals surface area contributed by atoms with Crippen LogP contribution in [-0.4, -0.2) is 22.1 Å². The Bertz CT molecular complexity index is 688. The van der Waals surface area contributed by atoms with Crippen LogP contribution in [0, 0.1) is 0 Å². The Morgan fingerprint density at radius 1 is 1.23 bits per heavy atom. The van der Waals surface area contributed by atoms with Crippen molar-refractivity contribution < 1.29 is 14.7 Å². The summed E-state index contributed by atoms with van der Waals surface area (Å²) in [7, 11) is 0. The van der Waals surface area contributed by atoms with Crippen LogP contribution in [0.15, 0.2) is 42.7 Å². The van der Waals surface area contributed by atoms with Crippen molar-refractivity contribution in [3.8, 4) is 0 Å². The predicted molar refractivity (Wildman–Crippen MR) is 82.6 cm³/mol. The first-order chi connectivity index (χ1) is 10.5. The van der Waals surface area contributed by atoms with E-state index < -0.39 is 12.1 Å². The molecular formula is C15H16N4O3. The molecule has 2 rings (SSSR count). The first-order valence-electron chi connectivity index (χ1n) is 6.57. The average molecular weight is 300 g/mol. The number of anilines is 2. The molecule has 1 aromatic carbocycles. The van der Waals surface area contributed by atoms with Gasteiger partial charge in [0.2, 0.25) is 0 Å². The van der Waals surface area contributed by atoms with E-state index in [1.165, 1.54) is 6.07 Å². The van der Waals surface area contributed by atoms with E-state index in [1.807, 2.05) is 0 Å². The molecule has 7 heteroatoms. The van der Waals surface area contributed by atoms with Crippen LogP contribution in [0.2, 0.25) is 0 Å². The summed E-state index contributed by atoms with van der Waals surface area (Å²) in [5.41, 5.74) is 7.89. The number of carbonyl (C=O) groups excluding carboxylic acids is 1. The van der Waals surface area contributed by atoms with E-state index in [1.54, 1.807) is 43.6 Å². The SMILES string of the molecule is CC(NC(=O)O)c1ccc(C(=O)Nc2ccncc2)cc1N. The van der Waals surface area contributed by atoms with Gasteiger partial charge in [0.15, 0.2) is 0 Å². The van der Waals surface area contributed by atoms with Crippen LogP contribution in [-0.2, 0) is 0 Å². The number of hydrogen-bond acceptors (Lipinski definition) is 4. The molecule has 0 saturated carbocycles. The van der Waals surface area contributed by atoms with Crippen LogP contribution < -0.4 is 16.4 Å². The minimum absolute atomic E-state index is 0.303. The summed E-state index contributed by atoms with van der Waals surface area (Å²) < 4.78 is 0. The highest BCUT2D eigenvalue weighted by Crippen LogP contribution is 2.22. The second-order valence-electron chi connectivity index (χ2n) is 4.70. The molecule has 114 valence electrons. The van der Waals surface area contributed by atoms with Crippen molar-refractivity contribution in [3.63, 3.8) is 0 Å². The van der Waals surface area contributed by atoms with Gasteiger partial charge in [0, 0.05) is 29.3 Å². The molecule has 0 radical (unpaired) electrons. The lowest BCUT2D eigenvalue weighted by molar-refractivity contribution is 0.102. The van der Waals surface area contributed by atoms with Crippen LogP contribution >= 0.6 is 0 Å². The van der Waals surface area contributed by atoms with Crippen LogP contribution in [0.1, 0.15) is 28.9 Å². The van der Waals surface area contributed by atoms with Crippen LogP contribution in [0.5, 0.6) is 0 Å². The lowest BCUT2D eigenvalue weighted by atomic mass is 10.0. The fourth-order valence-electron chi connectivity index (χ4n) is 2.01. The Morgan fingerprint density at radius 2 is 1.91 bits per heavy atom. The molecule has 0 aliphatic carbocycles. The number of nitrogen functional groups attached to an aromatic ring is 1.